The van der Waals surface area contributed by atoms with Gasteiger partial charge in [0.1, 0.15) is 11.6 Å². The third-order valence-corrected chi connectivity index (χ3v) is 2.73. The van der Waals surface area contributed by atoms with E-state index in [4.69, 9.17) is 10.8 Å². The first-order valence-corrected chi connectivity index (χ1v) is 5.51. The van der Waals surface area contributed by atoms with E-state index in [-0.39, 0.29) is 23.5 Å². The highest BCUT2D eigenvalue weighted by Gasteiger charge is 2.13. The minimum atomic E-state index is -1.20. The first kappa shape index (κ1) is 12.9. The molecule has 0 aliphatic rings. The fourth-order valence-electron chi connectivity index (χ4n) is 1.65. The fourth-order valence-corrected chi connectivity index (χ4v) is 1.65. The topological polar surface area (TPSA) is 93.2 Å². The van der Waals surface area contributed by atoms with Crippen LogP contribution < -0.4 is 11.1 Å². The molecule has 0 unspecified atom stereocenters. The van der Waals surface area contributed by atoms with Crippen LogP contribution in [0.2, 0.25) is 0 Å². The highest BCUT2D eigenvalue weighted by atomic mass is 19.1. The molecule has 2 rings (SSSR count). The number of nitrogens with zero attached hydrogens (tertiary/aromatic N) is 2. The van der Waals surface area contributed by atoms with E-state index >= 15 is 0 Å². The number of aryl methyl sites for hydroxylation is 1. The molecular weight excluding hydrogens is 251 g/mol. The summed E-state index contributed by atoms with van der Waals surface area (Å²) in [6.07, 6.45) is 3.39. The summed E-state index contributed by atoms with van der Waals surface area (Å²) in [5.41, 5.74) is 5.28. The maximum Gasteiger partial charge on any atom is 0.337 e. The number of rotatable bonds is 4. The van der Waals surface area contributed by atoms with Gasteiger partial charge in [-0.1, -0.05) is 0 Å². The van der Waals surface area contributed by atoms with Crippen LogP contribution in [0.25, 0.3) is 0 Å². The lowest BCUT2D eigenvalue weighted by molar-refractivity contribution is 0.0698. The van der Waals surface area contributed by atoms with Crippen molar-refractivity contribution in [2.45, 2.75) is 6.54 Å². The number of benzene rings is 1. The average molecular weight is 264 g/mol. The number of imidazole rings is 1. The van der Waals surface area contributed by atoms with Crippen molar-refractivity contribution >= 4 is 17.3 Å². The molecule has 7 heteroatoms. The molecule has 2 aromatic rings. The van der Waals surface area contributed by atoms with Crippen molar-refractivity contribution in [2.75, 3.05) is 11.1 Å². The summed E-state index contributed by atoms with van der Waals surface area (Å²) in [6.45, 7) is 0.281. The van der Waals surface area contributed by atoms with E-state index in [2.05, 4.69) is 10.3 Å². The van der Waals surface area contributed by atoms with E-state index in [0.717, 1.165) is 6.07 Å². The van der Waals surface area contributed by atoms with Gasteiger partial charge in [0.25, 0.3) is 0 Å². The van der Waals surface area contributed by atoms with Gasteiger partial charge in [-0.3, -0.25) is 0 Å². The second kappa shape index (κ2) is 4.97. The molecule has 100 valence electrons. The van der Waals surface area contributed by atoms with Gasteiger partial charge in [0.05, 0.1) is 17.8 Å². The molecule has 1 heterocycles. The minimum Gasteiger partial charge on any atom is -0.478 e. The predicted octanol–water partition coefficient (Wildman–Crippen LogP) is 1.45. The quantitative estimate of drug-likeness (QED) is 0.727. The zero-order valence-corrected chi connectivity index (χ0v) is 10.2. The molecule has 6 nitrogen and oxygen atoms in total. The first-order valence-electron chi connectivity index (χ1n) is 5.51. The normalized spacial score (nSPS) is 10.4. The van der Waals surface area contributed by atoms with Crippen LogP contribution in [0.15, 0.2) is 24.5 Å². The number of anilines is 2. The van der Waals surface area contributed by atoms with Crippen molar-refractivity contribution in [3.8, 4) is 0 Å². The van der Waals surface area contributed by atoms with Crippen LogP contribution in [0.3, 0.4) is 0 Å². The van der Waals surface area contributed by atoms with Gasteiger partial charge in [-0.2, -0.15) is 0 Å². The third-order valence-electron chi connectivity index (χ3n) is 2.73. The van der Waals surface area contributed by atoms with Crippen LogP contribution in [0, 0.1) is 5.82 Å². The predicted molar refractivity (Wildman–Crippen MR) is 68.3 cm³/mol. The Morgan fingerprint density at radius 3 is 2.89 bits per heavy atom. The average Bonchev–Trinajstić information content (AvgIpc) is 2.73. The fraction of sp³-hybridized carbons (Fsp3) is 0.167. The van der Waals surface area contributed by atoms with Crippen LogP contribution in [0.1, 0.15) is 16.2 Å². The van der Waals surface area contributed by atoms with Crippen LogP contribution in [-0.2, 0) is 13.6 Å². The zero-order valence-electron chi connectivity index (χ0n) is 10.2. The molecule has 0 radical (unpaired) electrons. The molecule has 4 N–H and O–H groups in total. The van der Waals surface area contributed by atoms with E-state index < -0.39 is 11.8 Å². The SMILES string of the molecule is Cn1ccnc1CNc1cc(C(=O)O)c(N)cc1F. The van der Waals surface area contributed by atoms with Gasteiger partial charge in [0.2, 0.25) is 0 Å². The van der Waals surface area contributed by atoms with E-state index in [1.54, 1.807) is 17.0 Å². The number of nitrogens with one attached hydrogen (secondary N) is 1. The number of aromatic carboxylic acids is 1. The number of nitrogen functional groups attached to an aromatic ring is 1. The molecule has 0 aliphatic heterocycles. The number of aromatic nitrogens is 2. The second-order valence-electron chi connectivity index (χ2n) is 4.03. The smallest absolute Gasteiger partial charge is 0.337 e. The molecule has 0 amide bonds. The van der Waals surface area contributed by atoms with Crippen molar-refractivity contribution in [3.05, 3.63) is 41.7 Å². The maximum absolute atomic E-state index is 13.7. The summed E-state index contributed by atoms with van der Waals surface area (Å²) < 4.78 is 15.4. The van der Waals surface area contributed by atoms with Crippen molar-refractivity contribution in [1.29, 1.82) is 0 Å². The van der Waals surface area contributed by atoms with Crippen molar-refractivity contribution in [3.63, 3.8) is 0 Å². The summed E-state index contributed by atoms with van der Waals surface area (Å²) >= 11 is 0. The van der Waals surface area contributed by atoms with Gasteiger partial charge in [-0.05, 0) is 12.1 Å². The Hall–Kier alpha value is -2.57. The van der Waals surface area contributed by atoms with Crippen molar-refractivity contribution in [2.24, 2.45) is 7.05 Å². The lowest BCUT2D eigenvalue weighted by atomic mass is 10.1. The van der Waals surface area contributed by atoms with Gasteiger partial charge in [-0.25, -0.2) is 14.2 Å². The summed E-state index contributed by atoms with van der Waals surface area (Å²) in [6, 6.07) is 2.17. The Kier molecular flexibility index (Phi) is 3.37. The summed E-state index contributed by atoms with van der Waals surface area (Å²) in [5.74, 6) is -1.10. The Bertz CT molecular complexity index is 624. The Balaban J connectivity index is 2.23. The molecular formula is C12H13FN4O2. The van der Waals surface area contributed by atoms with Gasteiger partial charge >= 0.3 is 5.97 Å². The monoisotopic (exact) mass is 264 g/mol. The van der Waals surface area contributed by atoms with Crippen molar-refractivity contribution in [1.82, 2.24) is 9.55 Å². The van der Waals surface area contributed by atoms with Gasteiger partial charge in [0, 0.05) is 25.1 Å². The maximum atomic E-state index is 13.7. The van der Waals surface area contributed by atoms with E-state index in [9.17, 15) is 9.18 Å². The van der Waals surface area contributed by atoms with Crippen molar-refractivity contribution < 1.29 is 14.3 Å². The highest BCUT2D eigenvalue weighted by molar-refractivity contribution is 5.94. The van der Waals surface area contributed by atoms with Gasteiger partial charge in [0.15, 0.2) is 0 Å². The molecule has 0 spiro atoms. The molecule has 19 heavy (non-hydrogen) atoms. The molecule has 0 saturated carbocycles. The lowest BCUT2D eigenvalue weighted by Crippen LogP contribution is -2.09. The second-order valence-corrected chi connectivity index (χ2v) is 4.03. The molecule has 1 aromatic carbocycles. The van der Waals surface area contributed by atoms with Crippen LogP contribution in [0.5, 0.6) is 0 Å². The standard InChI is InChI=1S/C12H13FN4O2/c1-17-3-2-15-11(17)6-16-10-4-7(12(18)19)9(14)5-8(10)13/h2-5,16H,6,14H2,1H3,(H,18,19). The Labute approximate surface area is 108 Å². The van der Waals surface area contributed by atoms with E-state index in [1.807, 2.05) is 7.05 Å². The Morgan fingerprint density at radius 2 is 2.32 bits per heavy atom. The minimum absolute atomic E-state index is 0.0783. The molecule has 0 bridgehead atoms. The van der Waals surface area contributed by atoms with Crippen LogP contribution in [0.4, 0.5) is 15.8 Å². The number of carboxylic acid groups (broad SMARTS) is 1. The molecule has 1 aromatic heterocycles. The molecule has 0 atom stereocenters. The Morgan fingerprint density at radius 1 is 1.58 bits per heavy atom. The van der Waals surface area contributed by atoms with Crippen LogP contribution in [-0.4, -0.2) is 20.6 Å². The highest BCUT2D eigenvalue weighted by Crippen LogP contribution is 2.22. The number of hydrogen-bond acceptors (Lipinski definition) is 4. The van der Waals surface area contributed by atoms with Crippen LogP contribution >= 0.6 is 0 Å². The third kappa shape index (κ3) is 2.65. The summed E-state index contributed by atoms with van der Waals surface area (Å²) in [7, 11) is 1.81. The van der Waals surface area contributed by atoms with Gasteiger partial charge in [-0.15, -0.1) is 0 Å². The number of halogens is 1. The number of hydrogen-bond donors (Lipinski definition) is 3. The zero-order chi connectivity index (χ0) is 14.0. The summed E-state index contributed by atoms with van der Waals surface area (Å²) in [5, 5.41) is 11.7. The molecule has 0 fully saturated rings. The van der Waals surface area contributed by atoms with Gasteiger partial charge < -0.3 is 20.7 Å². The molecule has 0 saturated heterocycles. The number of carbonyl (C=O) groups is 1. The lowest BCUT2D eigenvalue weighted by Gasteiger charge is -2.10. The largest absolute Gasteiger partial charge is 0.478 e. The number of carboxylic acids is 1. The van der Waals surface area contributed by atoms with E-state index in [0.29, 0.717) is 5.82 Å². The first-order chi connectivity index (χ1) is 8.99. The molecule has 0 aliphatic carbocycles. The van der Waals surface area contributed by atoms with E-state index in [1.165, 1.54) is 6.07 Å². The number of nitrogens with two attached hydrogens (primary N) is 1. The summed E-state index contributed by atoms with van der Waals surface area (Å²) in [4.78, 5) is 15.0.